The summed E-state index contributed by atoms with van der Waals surface area (Å²) in [6, 6.07) is 7.86. The number of aromatic nitrogens is 1. The van der Waals surface area contributed by atoms with E-state index in [2.05, 4.69) is 5.32 Å². The van der Waals surface area contributed by atoms with Gasteiger partial charge in [0.1, 0.15) is 6.04 Å². The Hall–Kier alpha value is -2.48. The summed E-state index contributed by atoms with van der Waals surface area (Å²) in [6.07, 6.45) is 4.25. The highest BCUT2D eigenvalue weighted by Crippen LogP contribution is 2.41. The van der Waals surface area contributed by atoms with Crippen LogP contribution in [-0.4, -0.2) is 52.9 Å². The van der Waals surface area contributed by atoms with Crippen molar-refractivity contribution in [3.63, 3.8) is 0 Å². The zero-order chi connectivity index (χ0) is 19.7. The fourth-order valence-corrected chi connectivity index (χ4v) is 4.68. The molecule has 0 spiro atoms. The number of carbonyl (C=O) groups excluding carboxylic acids is 2. The minimum absolute atomic E-state index is 0.0295. The van der Waals surface area contributed by atoms with Crippen molar-refractivity contribution in [1.82, 2.24) is 14.8 Å². The second-order valence-corrected chi connectivity index (χ2v) is 8.25. The Kier molecular flexibility index (Phi) is 5.30. The number of nitrogens with zero attached hydrogens (tertiary/aromatic N) is 2. The van der Waals surface area contributed by atoms with E-state index in [9.17, 15) is 14.4 Å². The Morgan fingerprint density at radius 2 is 2.11 bits per heavy atom. The number of hydrogen-bond donors (Lipinski definition) is 1. The molecule has 8 heteroatoms. The van der Waals surface area contributed by atoms with Crippen molar-refractivity contribution in [3.8, 4) is 0 Å². The van der Waals surface area contributed by atoms with Crippen LogP contribution < -0.4 is 10.9 Å². The molecule has 148 valence electrons. The van der Waals surface area contributed by atoms with E-state index in [0.717, 1.165) is 17.9 Å². The number of amides is 2. The van der Waals surface area contributed by atoms with Crippen molar-refractivity contribution in [2.24, 2.45) is 5.92 Å². The highest BCUT2D eigenvalue weighted by molar-refractivity contribution is 7.98. The van der Waals surface area contributed by atoms with Crippen molar-refractivity contribution in [2.45, 2.75) is 18.4 Å². The molecule has 7 nitrogen and oxygen atoms in total. The first-order valence-electron chi connectivity index (χ1n) is 9.41. The molecule has 2 amide bonds. The molecule has 0 aromatic carbocycles. The van der Waals surface area contributed by atoms with Gasteiger partial charge in [-0.2, -0.15) is 11.8 Å². The second-order valence-electron chi connectivity index (χ2n) is 7.27. The zero-order valence-electron chi connectivity index (χ0n) is 15.7. The monoisotopic (exact) mass is 401 g/mol. The maximum Gasteiger partial charge on any atom is 0.289 e. The van der Waals surface area contributed by atoms with Crippen molar-refractivity contribution in [1.29, 1.82) is 0 Å². The van der Waals surface area contributed by atoms with E-state index in [-0.39, 0.29) is 29.2 Å². The molecule has 1 saturated heterocycles. The number of thioether (sulfide) groups is 1. The Morgan fingerprint density at radius 3 is 2.86 bits per heavy atom. The van der Waals surface area contributed by atoms with E-state index in [1.54, 1.807) is 39.4 Å². The van der Waals surface area contributed by atoms with Gasteiger partial charge in [-0.15, -0.1) is 0 Å². The first-order chi connectivity index (χ1) is 13.6. The highest BCUT2D eigenvalue weighted by Gasteiger charge is 2.44. The Balaban J connectivity index is 1.67. The Labute approximate surface area is 167 Å². The molecule has 4 heterocycles. The first-order valence-corrected chi connectivity index (χ1v) is 10.8. The molecule has 1 N–H and O–H groups in total. The maximum atomic E-state index is 13.0. The van der Waals surface area contributed by atoms with E-state index >= 15 is 0 Å². The van der Waals surface area contributed by atoms with E-state index in [1.165, 1.54) is 12.3 Å². The number of piperidine rings is 1. The number of likely N-dealkylation sites (tertiary alicyclic amines) is 1. The van der Waals surface area contributed by atoms with Crippen molar-refractivity contribution in [3.05, 3.63) is 58.4 Å². The van der Waals surface area contributed by atoms with Crippen LogP contribution in [0.15, 0.2) is 45.8 Å². The van der Waals surface area contributed by atoms with Gasteiger partial charge in [0, 0.05) is 49.0 Å². The van der Waals surface area contributed by atoms with Gasteiger partial charge in [0.15, 0.2) is 5.76 Å². The van der Waals surface area contributed by atoms with E-state index < -0.39 is 6.04 Å². The molecule has 2 bridgehead atoms. The molecule has 0 radical (unpaired) electrons. The molecule has 28 heavy (non-hydrogen) atoms. The van der Waals surface area contributed by atoms with Crippen molar-refractivity contribution < 1.29 is 14.0 Å². The average molecular weight is 401 g/mol. The van der Waals surface area contributed by atoms with E-state index in [4.69, 9.17) is 4.42 Å². The van der Waals surface area contributed by atoms with Gasteiger partial charge in [-0.3, -0.25) is 19.0 Å². The highest BCUT2D eigenvalue weighted by atomic mass is 32.2. The third kappa shape index (κ3) is 3.37. The summed E-state index contributed by atoms with van der Waals surface area (Å²) < 4.78 is 6.91. The number of fused-ring (bicyclic) bond motifs is 4. The predicted octanol–water partition coefficient (Wildman–Crippen LogP) is 1.72. The average Bonchev–Trinajstić information content (AvgIpc) is 3.23. The minimum atomic E-state index is -0.603. The summed E-state index contributed by atoms with van der Waals surface area (Å²) in [4.78, 5) is 40.2. The molecule has 0 aliphatic carbocycles. The molecule has 2 aliphatic heterocycles. The van der Waals surface area contributed by atoms with E-state index in [0.29, 0.717) is 25.4 Å². The van der Waals surface area contributed by atoms with Gasteiger partial charge in [0.2, 0.25) is 5.91 Å². The lowest BCUT2D eigenvalue weighted by molar-refractivity contribution is -0.127. The number of hydrogen-bond acceptors (Lipinski definition) is 5. The molecule has 4 rings (SSSR count). The summed E-state index contributed by atoms with van der Waals surface area (Å²) >= 11 is 1.65. The molecule has 1 fully saturated rings. The smallest absolute Gasteiger partial charge is 0.289 e. The Morgan fingerprint density at radius 1 is 1.25 bits per heavy atom. The molecular formula is C20H23N3O4S. The van der Waals surface area contributed by atoms with Crippen LogP contribution in [0.2, 0.25) is 0 Å². The van der Waals surface area contributed by atoms with Crippen molar-refractivity contribution >= 4 is 23.6 Å². The summed E-state index contributed by atoms with van der Waals surface area (Å²) in [5, 5.41) is 2.95. The van der Waals surface area contributed by atoms with Gasteiger partial charge < -0.3 is 14.6 Å². The van der Waals surface area contributed by atoms with Gasteiger partial charge in [-0.1, -0.05) is 6.07 Å². The molecule has 3 atom stereocenters. The summed E-state index contributed by atoms with van der Waals surface area (Å²) in [7, 11) is 0. The number of rotatable bonds is 5. The van der Waals surface area contributed by atoms with Crippen LogP contribution in [0, 0.1) is 5.92 Å². The quantitative estimate of drug-likeness (QED) is 0.772. The largest absolute Gasteiger partial charge is 0.459 e. The second kappa shape index (κ2) is 7.87. The molecular weight excluding hydrogens is 378 g/mol. The lowest BCUT2D eigenvalue weighted by Gasteiger charge is -2.46. The van der Waals surface area contributed by atoms with Crippen LogP contribution in [0.5, 0.6) is 0 Å². The van der Waals surface area contributed by atoms with Crippen LogP contribution in [0.1, 0.15) is 34.6 Å². The van der Waals surface area contributed by atoms with E-state index in [1.807, 2.05) is 12.3 Å². The van der Waals surface area contributed by atoms with Gasteiger partial charge >= 0.3 is 0 Å². The summed E-state index contributed by atoms with van der Waals surface area (Å²) in [6.45, 7) is 1.50. The molecule has 0 unspecified atom stereocenters. The maximum absolute atomic E-state index is 13.0. The standard InChI is InChI=1S/C20H23N3O4S/c1-28-9-7-21-19(25)18-14-10-13(15-4-2-6-17(24)23(15)18)11-22(12-14)20(26)16-5-3-8-27-16/h2-6,8,13-14,18H,7,9-12H2,1H3,(H,21,25)/t13-,14+,18+/m0/s1. The SMILES string of the molecule is CSCCNC(=O)[C@H]1[C@@H]2C[C@@H](CN(C(=O)c3ccco3)C2)c2cccc(=O)n21. The third-order valence-corrected chi connectivity index (χ3v) is 6.15. The van der Waals surface area contributed by atoms with Gasteiger partial charge in [0.25, 0.3) is 11.5 Å². The summed E-state index contributed by atoms with van der Waals surface area (Å²) in [5.74, 6) is 0.700. The molecule has 0 saturated carbocycles. The van der Waals surface area contributed by atoms with Crippen LogP contribution in [0.4, 0.5) is 0 Å². The first kappa shape index (κ1) is 18.9. The van der Waals surface area contributed by atoms with Crippen LogP contribution in [0.3, 0.4) is 0 Å². The number of nitrogens with one attached hydrogen (secondary N) is 1. The fourth-order valence-electron chi connectivity index (χ4n) is 4.37. The van der Waals surface area contributed by atoms with Crippen LogP contribution >= 0.6 is 11.8 Å². The lowest BCUT2D eigenvalue weighted by atomic mass is 9.78. The van der Waals surface area contributed by atoms with Gasteiger partial charge in [-0.25, -0.2) is 0 Å². The van der Waals surface area contributed by atoms with Crippen LogP contribution in [0.25, 0.3) is 0 Å². The molecule has 2 aromatic rings. The number of carbonyl (C=O) groups is 2. The topological polar surface area (TPSA) is 84.6 Å². The third-order valence-electron chi connectivity index (χ3n) is 5.54. The number of pyridine rings is 1. The van der Waals surface area contributed by atoms with Gasteiger partial charge in [0.05, 0.1) is 6.26 Å². The minimum Gasteiger partial charge on any atom is -0.459 e. The number of furan rings is 1. The lowest BCUT2D eigenvalue weighted by Crippen LogP contribution is -2.54. The predicted molar refractivity (Wildman–Crippen MR) is 107 cm³/mol. The molecule has 2 aliphatic rings. The summed E-state index contributed by atoms with van der Waals surface area (Å²) in [5.41, 5.74) is 0.661. The fraction of sp³-hybridized carbons (Fsp3) is 0.450. The Bertz CT molecular complexity index is 924. The van der Waals surface area contributed by atoms with Gasteiger partial charge in [-0.05, 0) is 30.9 Å². The normalized spacial score (nSPS) is 23.2. The molecule has 2 aromatic heterocycles. The van der Waals surface area contributed by atoms with Crippen molar-refractivity contribution in [2.75, 3.05) is 31.6 Å². The zero-order valence-corrected chi connectivity index (χ0v) is 16.5. The van der Waals surface area contributed by atoms with Crippen LogP contribution in [-0.2, 0) is 4.79 Å².